The van der Waals surface area contributed by atoms with Crippen molar-refractivity contribution < 1.29 is 19.2 Å². The van der Waals surface area contributed by atoms with Crippen molar-refractivity contribution in [1.29, 1.82) is 0 Å². The first-order valence-electron chi connectivity index (χ1n) is 6.72. The Kier molecular flexibility index (Phi) is 2.84. The fraction of sp³-hybridized carbons (Fsp3) is 0.769. The number of hydrogen-bond donors (Lipinski definition) is 0. The molecule has 1 heterocycles. The fourth-order valence-electron chi connectivity index (χ4n) is 3.58. The molecule has 3 aliphatic rings. The number of hydroxylamine groups is 2. The summed E-state index contributed by atoms with van der Waals surface area (Å²) in [5, 5.41) is 0.663. The first-order chi connectivity index (χ1) is 8.65. The summed E-state index contributed by atoms with van der Waals surface area (Å²) < 4.78 is 0. The molecular weight excluding hydrogens is 234 g/mol. The Bertz CT molecular complexity index is 378. The first-order valence-corrected chi connectivity index (χ1v) is 6.72. The molecule has 0 bridgehead atoms. The van der Waals surface area contributed by atoms with Gasteiger partial charge in [0.2, 0.25) is 0 Å². The second-order valence-electron chi connectivity index (χ2n) is 5.61. The Labute approximate surface area is 105 Å². The van der Waals surface area contributed by atoms with Crippen molar-refractivity contribution in [3.8, 4) is 0 Å². The van der Waals surface area contributed by atoms with Gasteiger partial charge in [-0.3, -0.25) is 9.59 Å². The second kappa shape index (κ2) is 4.37. The first kappa shape index (κ1) is 11.7. The molecule has 0 N–H and O–H groups in total. The van der Waals surface area contributed by atoms with Crippen LogP contribution in [0.4, 0.5) is 0 Å². The number of nitrogens with zero attached hydrogens (tertiary/aromatic N) is 1. The number of rotatable bonds is 2. The number of carbonyl (C=O) groups is 3. The molecule has 1 aliphatic heterocycles. The van der Waals surface area contributed by atoms with E-state index in [1.165, 1.54) is 19.3 Å². The van der Waals surface area contributed by atoms with E-state index in [2.05, 4.69) is 0 Å². The summed E-state index contributed by atoms with van der Waals surface area (Å²) in [6, 6.07) is 0. The molecule has 0 radical (unpaired) electrons. The highest BCUT2D eigenvalue weighted by atomic mass is 16.7. The minimum Gasteiger partial charge on any atom is -0.330 e. The largest absolute Gasteiger partial charge is 0.336 e. The lowest BCUT2D eigenvalue weighted by Gasteiger charge is -2.16. The molecule has 2 saturated carbocycles. The van der Waals surface area contributed by atoms with Crippen LogP contribution in [0.2, 0.25) is 0 Å². The van der Waals surface area contributed by atoms with Gasteiger partial charge in [-0.05, 0) is 24.7 Å². The van der Waals surface area contributed by atoms with Gasteiger partial charge in [-0.2, -0.15) is 0 Å². The van der Waals surface area contributed by atoms with Crippen molar-refractivity contribution in [2.75, 3.05) is 0 Å². The van der Waals surface area contributed by atoms with Crippen LogP contribution in [0.25, 0.3) is 0 Å². The average Bonchev–Trinajstić information content (AvgIpc) is 2.98. The summed E-state index contributed by atoms with van der Waals surface area (Å²) in [5.74, 6) is -0.0207. The van der Waals surface area contributed by atoms with Gasteiger partial charge in [0.05, 0.1) is 5.92 Å². The third kappa shape index (κ3) is 1.91. The monoisotopic (exact) mass is 251 g/mol. The molecule has 0 aromatic carbocycles. The third-order valence-electron chi connectivity index (χ3n) is 4.51. The van der Waals surface area contributed by atoms with Crippen LogP contribution in [-0.2, 0) is 19.2 Å². The Balaban J connectivity index is 1.59. The molecule has 5 nitrogen and oxygen atoms in total. The molecule has 18 heavy (non-hydrogen) atoms. The van der Waals surface area contributed by atoms with Crippen molar-refractivity contribution in [3.05, 3.63) is 0 Å². The average molecular weight is 251 g/mol. The number of carbonyl (C=O) groups excluding carboxylic acids is 3. The minimum absolute atomic E-state index is 0.124. The molecular formula is C13H17NO4. The van der Waals surface area contributed by atoms with Gasteiger partial charge in [0, 0.05) is 12.8 Å². The molecule has 3 fully saturated rings. The Morgan fingerprint density at radius 1 is 1.06 bits per heavy atom. The normalized spacial score (nSPS) is 35.1. The molecule has 0 spiro atoms. The van der Waals surface area contributed by atoms with Crippen LogP contribution in [0.3, 0.4) is 0 Å². The van der Waals surface area contributed by atoms with E-state index in [4.69, 9.17) is 4.84 Å². The summed E-state index contributed by atoms with van der Waals surface area (Å²) in [6.07, 6.45) is 5.70. The van der Waals surface area contributed by atoms with Gasteiger partial charge in [-0.15, -0.1) is 5.06 Å². The number of fused-ring (bicyclic) bond motifs is 1. The van der Waals surface area contributed by atoms with Crippen molar-refractivity contribution in [3.63, 3.8) is 0 Å². The third-order valence-corrected chi connectivity index (χ3v) is 4.51. The van der Waals surface area contributed by atoms with Crippen LogP contribution in [0.5, 0.6) is 0 Å². The smallest absolute Gasteiger partial charge is 0.330 e. The molecule has 0 aromatic heterocycles. The molecule has 5 heteroatoms. The highest BCUT2D eigenvalue weighted by molar-refractivity contribution is 6.01. The fourth-order valence-corrected chi connectivity index (χ4v) is 3.58. The van der Waals surface area contributed by atoms with E-state index in [-0.39, 0.29) is 18.8 Å². The van der Waals surface area contributed by atoms with Gasteiger partial charge in [0.15, 0.2) is 0 Å². The topological polar surface area (TPSA) is 63.7 Å². The standard InChI is InChI=1S/C13H17NO4/c15-11-4-5-12(16)14(11)18-13(17)10-6-8-2-1-3-9(8)7-10/h8-10H,1-7H2. The van der Waals surface area contributed by atoms with Gasteiger partial charge < -0.3 is 4.84 Å². The highest BCUT2D eigenvalue weighted by Crippen LogP contribution is 2.47. The zero-order valence-electron chi connectivity index (χ0n) is 10.3. The van der Waals surface area contributed by atoms with E-state index in [0.29, 0.717) is 16.9 Å². The zero-order chi connectivity index (χ0) is 12.7. The van der Waals surface area contributed by atoms with Crippen LogP contribution in [-0.4, -0.2) is 22.8 Å². The Morgan fingerprint density at radius 3 is 2.17 bits per heavy atom. The second-order valence-corrected chi connectivity index (χ2v) is 5.61. The molecule has 2 amide bonds. The van der Waals surface area contributed by atoms with E-state index in [1.54, 1.807) is 0 Å². The lowest BCUT2D eigenvalue weighted by Crippen LogP contribution is -2.34. The van der Waals surface area contributed by atoms with E-state index in [1.807, 2.05) is 0 Å². The summed E-state index contributed by atoms with van der Waals surface area (Å²) >= 11 is 0. The molecule has 2 unspecified atom stereocenters. The van der Waals surface area contributed by atoms with Crippen LogP contribution < -0.4 is 0 Å². The van der Waals surface area contributed by atoms with Crippen molar-refractivity contribution >= 4 is 17.8 Å². The number of imide groups is 1. The minimum atomic E-state index is -0.397. The maximum atomic E-state index is 12.0. The SMILES string of the molecule is O=C(ON1C(=O)CCC1=O)C1CC2CCCC2C1. The summed E-state index contributed by atoms with van der Waals surface area (Å²) in [6.45, 7) is 0. The predicted molar refractivity (Wildman–Crippen MR) is 60.7 cm³/mol. The number of hydrogen-bond acceptors (Lipinski definition) is 4. The number of amides is 2. The van der Waals surface area contributed by atoms with Crippen LogP contribution >= 0.6 is 0 Å². The molecule has 1 saturated heterocycles. The van der Waals surface area contributed by atoms with E-state index >= 15 is 0 Å². The van der Waals surface area contributed by atoms with Gasteiger partial charge in [-0.25, -0.2) is 4.79 Å². The van der Waals surface area contributed by atoms with E-state index < -0.39 is 17.8 Å². The summed E-state index contributed by atoms with van der Waals surface area (Å²) in [7, 11) is 0. The van der Waals surface area contributed by atoms with E-state index in [9.17, 15) is 14.4 Å². The lowest BCUT2D eigenvalue weighted by atomic mass is 10.0. The van der Waals surface area contributed by atoms with Gasteiger partial charge in [-0.1, -0.05) is 19.3 Å². The van der Waals surface area contributed by atoms with Crippen molar-refractivity contribution in [2.24, 2.45) is 17.8 Å². The lowest BCUT2D eigenvalue weighted by molar-refractivity contribution is -0.200. The quantitative estimate of drug-likeness (QED) is 0.696. The molecule has 3 rings (SSSR count). The maximum Gasteiger partial charge on any atom is 0.336 e. The van der Waals surface area contributed by atoms with Crippen LogP contribution in [0.15, 0.2) is 0 Å². The van der Waals surface area contributed by atoms with Gasteiger partial charge >= 0.3 is 5.97 Å². The maximum absolute atomic E-state index is 12.0. The van der Waals surface area contributed by atoms with Gasteiger partial charge in [0.25, 0.3) is 11.8 Å². The summed E-state index contributed by atoms with van der Waals surface area (Å²) in [5.41, 5.74) is 0. The van der Waals surface area contributed by atoms with Crippen LogP contribution in [0, 0.1) is 17.8 Å². The summed E-state index contributed by atoms with van der Waals surface area (Å²) in [4.78, 5) is 39.7. The Morgan fingerprint density at radius 2 is 1.61 bits per heavy atom. The van der Waals surface area contributed by atoms with E-state index in [0.717, 1.165) is 12.8 Å². The zero-order valence-corrected chi connectivity index (χ0v) is 10.3. The Hall–Kier alpha value is -1.39. The highest BCUT2D eigenvalue weighted by Gasteiger charge is 2.43. The predicted octanol–water partition coefficient (Wildman–Crippen LogP) is 1.42. The molecule has 2 aliphatic carbocycles. The molecule has 98 valence electrons. The van der Waals surface area contributed by atoms with Crippen molar-refractivity contribution in [2.45, 2.75) is 44.9 Å². The molecule has 2 atom stereocenters. The van der Waals surface area contributed by atoms with Gasteiger partial charge in [0.1, 0.15) is 0 Å². The molecule has 0 aromatic rings. The van der Waals surface area contributed by atoms with Crippen LogP contribution in [0.1, 0.15) is 44.9 Å². The van der Waals surface area contributed by atoms with Crippen molar-refractivity contribution in [1.82, 2.24) is 5.06 Å².